The van der Waals surface area contributed by atoms with Gasteiger partial charge in [0.1, 0.15) is 5.82 Å². The number of aromatic nitrogens is 1. The van der Waals surface area contributed by atoms with E-state index in [1.165, 1.54) is 6.42 Å². The molecule has 2 heterocycles. The highest BCUT2D eigenvalue weighted by atomic mass is 16.2. The number of aryl methyl sites for hydroxylation is 1. The van der Waals surface area contributed by atoms with Gasteiger partial charge in [-0.2, -0.15) is 0 Å². The van der Waals surface area contributed by atoms with Crippen LogP contribution in [0.1, 0.15) is 49.2 Å². The predicted molar refractivity (Wildman–Crippen MR) is 86.6 cm³/mol. The van der Waals surface area contributed by atoms with Crippen LogP contribution in [0.3, 0.4) is 0 Å². The SMILES string of the molecule is CNc1cc(C(=O)N2CCCC(C(C)C)CC2)cc(C)n1. The van der Waals surface area contributed by atoms with Gasteiger partial charge in [0.15, 0.2) is 0 Å². The summed E-state index contributed by atoms with van der Waals surface area (Å²) in [4.78, 5) is 19.1. The predicted octanol–water partition coefficient (Wildman–Crippen LogP) is 3.33. The molecular formula is C17H27N3O. The van der Waals surface area contributed by atoms with Crippen LogP contribution in [0.2, 0.25) is 0 Å². The van der Waals surface area contributed by atoms with E-state index >= 15 is 0 Å². The molecule has 0 saturated carbocycles. The molecule has 1 fully saturated rings. The molecule has 2 rings (SSSR count). The molecule has 0 bridgehead atoms. The van der Waals surface area contributed by atoms with Crippen LogP contribution in [0.4, 0.5) is 5.82 Å². The first-order chi connectivity index (χ1) is 10.0. The van der Waals surface area contributed by atoms with Crippen LogP contribution >= 0.6 is 0 Å². The molecule has 0 aliphatic carbocycles. The monoisotopic (exact) mass is 289 g/mol. The summed E-state index contributed by atoms with van der Waals surface area (Å²) >= 11 is 0. The zero-order chi connectivity index (χ0) is 15.4. The summed E-state index contributed by atoms with van der Waals surface area (Å²) in [6.45, 7) is 8.24. The normalized spacial score (nSPS) is 19.5. The van der Waals surface area contributed by atoms with E-state index in [4.69, 9.17) is 0 Å². The third-order valence-electron chi connectivity index (χ3n) is 4.46. The number of carbonyl (C=O) groups is 1. The number of carbonyl (C=O) groups excluding carboxylic acids is 1. The standard InChI is InChI=1S/C17H27N3O/c1-12(2)14-6-5-8-20(9-7-14)17(21)15-10-13(3)19-16(11-15)18-4/h10-12,14H,5-9H2,1-4H3,(H,18,19). The van der Waals surface area contributed by atoms with Crippen molar-refractivity contribution < 1.29 is 4.79 Å². The Labute approximate surface area is 127 Å². The maximum Gasteiger partial charge on any atom is 0.254 e. The molecule has 0 aromatic carbocycles. The Balaban J connectivity index is 2.11. The summed E-state index contributed by atoms with van der Waals surface area (Å²) in [5.74, 6) is 2.35. The summed E-state index contributed by atoms with van der Waals surface area (Å²) in [7, 11) is 1.83. The molecule has 1 atom stereocenters. The van der Waals surface area contributed by atoms with Gasteiger partial charge in [-0.05, 0) is 50.2 Å². The number of hydrogen-bond donors (Lipinski definition) is 1. The largest absolute Gasteiger partial charge is 0.373 e. The smallest absolute Gasteiger partial charge is 0.254 e. The van der Waals surface area contributed by atoms with Crippen molar-refractivity contribution in [2.45, 2.75) is 40.0 Å². The number of hydrogen-bond acceptors (Lipinski definition) is 3. The van der Waals surface area contributed by atoms with Crippen LogP contribution in [-0.4, -0.2) is 35.9 Å². The highest BCUT2D eigenvalue weighted by molar-refractivity contribution is 5.95. The minimum absolute atomic E-state index is 0.140. The quantitative estimate of drug-likeness (QED) is 0.928. The van der Waals surface area contributed by atoms with E-state index in [9.17, 15) is 4.79 Å². The van der Waals surface area contributed by atoms with Gasteiger partial charge in [-0.1, -0.05) is 13.8 Å². The Hall–Kier alpha value is -1.58. The molecule has 0 radical (unpaired) electrons. The molecule has 0 spiro atoms. The summed E-state index contributed by atoms with van der Waals surface area (Å²) in [6, 6.07) is 3.73. The van der Waals surface area contributed by atoms with Gasteiger partial charge in [0.2, 0.25) is 0 Å². The van der Waals surface area contributed by atoms with E-state index in [1.54, 1.807) is 0 Å². The second kappa shape index (κ2) is 6.92. The number of nitrogens with zero attached hydrogens (tertiary/aromatic N) is 2. The molecule has 4 heteroatoms. The maximum atomic E-state index is 12.7. The van der Waals surface area contributed by atoms with Gasteiger partial charge < -0.3 is 10.2 Å². The molecule has 1 aliphatic heterocycles. The summed E-state index contributed by atoms with van der Waals surface area (Å²) in [6.07, 6.45) is 3.46. The van der Waals surface area contributed by atoms with Gasteiger partial charge in [-0.15, -0.1) is 0 Å². The highest BCUT2D eigenvalue weighted by Crippen LogP contribution is 2.25. The van der Waals surface area contributed by atoms with Crippen molar-refractivity contribution >= 4 is 11.7 Å². The van der Waals surface area contributed by atoms with Crippen LogP contribution in [0.25, 0.3) is 0 Å². The lowest BCUT2D eigenvalue weighted by Gasteiger charge is -2.22. The summed E-state index contributed by atoms with van der Waals surface area (Å²) in [5.41, 5.74) is 1.62. The van der Waals surface area contributed by atoms with E-state index in [-0.39, 0.29) is 5.91 Å². The molecule has 116 valence electrons. The molecule has 1 N–H and O–H groups in total. The molecule has 1 aromatic rings. The lowest BCUT2D eigenvalue weighted by Crippen LogP contribution is -2.32. The van der Waals surface area contributed by atoms with Crippen LogP contribution in [0, 0.1) is 18.8 Å². The van der Waals surface area contributed by atoms with E-state index in [1.807, 2.05) is 31.0 Å². The topological polar surface area (TPSA) is 45.2 Å². The van der Waals surface area contributed by atoms with Crippen LogP contribution in [0.5, 0.6) is 0 Å². The lowest BCUT2D eigenvalue weighted by molar-refractivity contribution is 0.0758. The first kappa shape index (κ1) is 15.8. The van der Waals surface area contributed by atoms with Crippen molar-refractivity contribution in [1.82, 2.24) is 9.88 Å². The van der Waals surface area contributed by atoms with Crippen molar-refractivity contribution in [2.75, 3.05) is 25.5 Å². The van der Waals surface area contributed by atoms with Gasteiger partial charge in [0.25, 0.3) is 5.91 Å². The molecule has 1 amide bonds. The first-order valence-corrected chi connectivity index (χ1v) is 7.97. The number of anilines is 1. The van der Waals surface area contributed by atoms with Gasteiger partial charge >= 0.3 is 0 Å². The fourth-order valence-electron chi connectivity index (χ4n) is 3.09. The molecular weight excluding hydrogens is 262 g/mol. The van der Waals surface area contributed by atoms with Gasteiger partial charge in [0, 0.05) is 31.4 Å². The van der Waals surface area contributed by atoms with E-state index in [0.717, 1.165) is 48.9 Å². The number of rotatable bonds is 3. The second-order valence-electron chi connectivity index (χ2n) is 6.36. The van der Waals surface area contributed by atoms with Crippen molar-refractivity contribution in [3.05, 3.63) is 23.4 Å². The van der Waals surface area contributed by atoms with Crippen molar-refractivity contribution in [3.8, 4) is 0 Å². The number of likely N-dealkylation sites (tertiary alicyclic amines) is 1. The van der Waals surface area contributed by atoms with Crippen LogP contribution < -0.4 is 5.32 Å². The maximum absolute atomic E-state index is 12.7. The van der Waals surface area contributed by atoms with Crippen LogP contribution in [0.15, 0.2) is 12.1 Å². The fraction of sp³-hybridized carbons (Fsp3) is 0.647. The molecule has 1 unspecified atom stereocenters. The second-order valence-corrected chi connectivity index (χ2v) is 6.36. The Kier molecular flexibility index (Phi) is 5.21. The van der Waals surface area contributed by atoms with Gasteiger partial charge in [0.05, 0.1) is 0 Å². The third kappa shape index (κ3) is 3.96. The summed E-state index contributed by atoms with van der Waals surface area (Å²) in [5, 5.41) is 3.02. The third-order valence-corrected chi connectivity index (χ3v) is 4.46. The average molecular weight is 289 g/mol. The number of nitrogens with one attached hydrogen (secondary N) is 1. The van der Waals surface area contributed by atoms with Crippen molar-refractivity contribution in [3.63, 3.8) is 0 Å². The number of pyridine rings is 1. The average Bonchev–Trinajstić information content (AvgIpc) is 2.71. The zero-order valence-electron chi connectivity index (χ0n) is 13.6. The van der Waals surface area contributed by atoms with Crippen molar-refractivity contribution in [2.24, 2.45) is 11.8 Å². The fourth-order valence-corrected chi connectivity index (χ4v) is 3.09. The Morgan fingerprint density at radius 3 is 2.76 bits per heavy atom. The molecule has 1 aromatic heterocycles. The Bertz CT molecular complexity index is 499. The Morgan fingerprint density at radius 1 is 1.33 bits per heavy atom. The number of amides is 1. The minimum Gasteiger partial charge on any atom is -0.373 e. The van der Waals surface area contributed by atoms with E-state index < -0.39 is 0 Å². The minimum atomic E-state index is 0.140. The van der Waals surface area contributed by atoms with Crippen molar-refractivity contribution in [1.29, 1.82) is 0 Å². The molecule has 1 saturated heterocycles. The lowest BCUT2D eigenvalue weighted by atomic mass is 9.89. The van der Waals surface area contributed by atoms with Crippen LogP contribution in [-0.2, 0) is 0 Å². The van der Waals surface area contributed by atoms with E-state index in [2.05, 4.69) is 24.1 Å². The zero-order valence-corrected chi connectivity index (χ0v) is 13.6. The first-order valence-electron chi connectivity index (χ1n) is 7.97. The van der Waals surface area contributed by atoms with E-state index in [0.29, 0.717) is 5.92 Å². The molecule has 4 nitrogen and oxygen atoms in total. The van der Waals surface area contributed by atoms with Gasteiger partial charge in [-0.25, -0.2) is 4.98 Å². The molecule has 21 heavy (non-hydrogen) atoms. The highest BCUT2D eigenvalue weighted by Gasteiger charge is 2.23. The molecule has 1 aliphatic rings. The van der Waals surface area contributed by atoms with Gasteiger partial charge in [-0.3, -0.25) is 4.79 Å². The Morgan fingerprint density at radius 2 is 2.10 bits per heavy atom. The summed E-state index contributed by atoms with van der Waals surface area (Å²) < 4.78 is 0.